The zero-order chi connectivity index (χ0) is 6.69. The Bertz CT molecular complexity index is 175. The van der Waals surface area contributed by atoms with Crippen LogP contribution >= 0.6 is 0 Å². The standard InChI is InChI=1S/C9H11.Y/c1-8-5-3-4-6-9(2)7-8;/h3,5-7,9H,1-2H3;/q-1;. The summed E-state index contributed by atoms with van der Waals surface area (Å²) >= 11 is 0. The zero-order valence-corrected chi connectivity index (χ0v) is 9.30. The number of rotatable bonds is 0. The van der Waals surface area contributed by atoms with Crippen molar-refractivity contribution in [2.24, 2.45) is 5.92 Å². The van der Waals surface area contributed by atoms with Crippen LogP contribution in [0.15, 0.2) is 29.9 Å². The Hall–Kier alpha value is 0.324. The second-order valence-corrected chi connectivity index (χ2v) is 2.44. The molecule has 1 atom stereocenters. The summed E-state index contributed by atoms with van der Waals surface area (Å²) in [5.74, 6) is 0.542. The van der Waals surface area contributed by atoms with Gasteiger partial charge < -0.3 is 0 Å². The van der Waals surface area contributed by atoms with E-state index in [9.17, 15) is 0 Å². The van der Waals surface area contributed by atoms with Crippen LogP contribution in [0, 0.1) is 12.0 Å². The van der Waals surface area contributed by atoms with E-state index in [4.69, 9.17) is 0 Å². The summed E-state index contributed by atoms with van der Waals surface area (Å²) in [6.07, 6.45) is 11.4. The first-order valence-electron chi connectivity index (χ1n) is 3.23. The van der Waals surface area contributed by atoms with Gasteiger partial charge in [0.05, 0.1) is 0 Å². The Labute approximate surface area is 88.0 Å². The van der Waals surface area contributed by atoms with E-state index >= 15 is 0 Å². The summed E-state index contributed by atoms with van der Waals surface area (Å²) < 4.78 is 0. The maximum Gasteiger partial charge on any atom is 0 e. The van der Waals surface area contributed by atoms with Crippen LogP contribution in [0.2, 0.25) is 0 Å². The molecule has 0 aromatic heterocycles. The summed E-state index contributed by atoms with van der Waals surface area (Å²) in [4.78, 5) is 0. The average Bonchev–Trinajstić information content (AvgIpc) is 1.93. The van der Waals surface area contributed by atoms with Gasteiger partial charge in [0.15, 0.2) is 0 Å². The van der Waals surface area contributed by atoms with Crippen LogP contribution in [-0.4, -0.2) is 0 Å². The predicted molar refractivity (Wildman–Crippen MR) is 39.9 cm³/mol. The predicted octanol–water partition coefficient (Wildman–Crippen LogP) is 2.50. The maximum absolute atomic E-state index is 3.07. The van der Waals surface area contributed by atoms with Crippen molar-refractivity contribution >= 4 is 0 Å². The van der Waals surface area contributed by atoms with Crippen molar-refractivity contribution < 1.29 is 32.7 Å². The molecule has 1 heteroatoms. The van der Waals surface area contributed by atoms with E-state index < -0.39 is 0 Å². The van der Waals surface area contributed by atoms with Crippen molar-refractivity contribution in [3.63, 3.8) is 0 Å². The fourth-order valence-electron chi connectivity index (χ4n) is 0.905. The molecule has 51 valence electrons. The van der Waals surface area contributed by atoms with Crippen molar-refractivity contribution in [1.82, 2.24) is 0 Å². The maximum atomic E-state index is 3.07. The van der Waals surface area contributed by atoms with Gasteiger partial charge in [-0.1, -0.05) is 19.9 Å². The molecule has 0 bridgehead atoms. The Kier molecular flexibility index (Phi) is 5.20. The number of hydrogen-bond donors (Lipinski definition) is 0. The normalized spacial score (nSPS) is 23.0. The first kappa shape index (κ1) is 10.3. The molecular formula is C9H11Y-. The van der Waals surface area contributed by atoms with E-state index in [1.54, 1.807) is 0 Å². The van der Waals surface area contributed by atoms with Crippen LogP contribution in [0.25, 0.3) is 0 Å². The Morgan fingerprint density at radius 3 is 2.90 bits per heavy atom. The second-order valence-electron chi connectivity index (χ2n) is 2.44. The van der Waals surface area contributed by atoms with Gasteiger partial charge in [-0.2, -0.15) is 6.08 Å². The smallest absolute Gasteiger partial charge is 0 e. The molecule has 10 heavy (non-hydrogen) atoms. The van der Waals surface area contributed by atoms with E-state index in [1.165, 1.54) is 5.57 Å². The molecule has 1 rings (SSSR count). The van der Waals surface area contributed by atoms with Crippen LogP contribution in [0.3, 0.4) is 0 Å². The fraction of sp³-hybridized carbons (Fsp3) is 0.333. The fourth-order valence-corrected chi connectivity index (χ4v) is 0.905. The summed E-state index contributed by atoms with van der Waals surface area (Å²) in [5.41, 5.74) is 1.32. The van der Waals surface area contributed by atoms with E-state index in [0.717, 1.165) is 0 Å². The Morgan fingerprint density at radius 2 is 2.20 bits per heavy atom. The van der Waals surface area contributed by atoms with E-state index in [1.807, 2.05) is 6.08 Å². The third kappa shape index (κ3) is 3.48. The molecule has 0 spiro atoms. The van der Waals surface area contributed by atoms with Crippen molar-refractivity contribution in [1.29, 1.82) is 0 Å². The van der Waals surface area contributed by atoms with Gasteiger partial charge in [0.25, 0.3) is 0 Å². The van der Waals surface area contributed by atoms with Crippen LogP contribution < -0.4 is 0 Å². The van der Waals surface area contributed by atoms with Crippen molar-refractivity contribution in [2.75, 3.05) is 0 Å². The monoisotopic (exact) mass is 208 g/mol. The molecule has 0 aliphatic heterocycles. The Morgan fingerprint density at radius 1 is 1.50 bits per heavy atom. The largest absolute Gasteiger partial charge is 0.254 e. The molecule has 0 nitrogen and oxygen atoms in total. The number of allylic oxidation sites excluding steroid dienone is 6. The van der Waals surface area contributed by atoms with Gasteiger partial charge in [-0.3, -0.25) is 6.08 Å². The minimum atomic E-state index is 0. The van der Waals surface area contributed by atoms with E-state index in [2.05, 4.69) is 38.2 Å². The average molecular weight is 208 g/mol. The Balaban J connectivity index is 0.000000810. The van der Waals surface area contributed by atoms with Crippen LogP contribution in [0.5, 0.6) is 0 Å². The second kappa shape index (κ2) is 5.04. The summed E-state index contributed by atoms with van der Waals surface area (Å²) in [6, 6.07) is 0. The van der Waals surface area contributed by atoms with Crippen molar-refractivity contribution in [2.45, 2.75) is 13.8 Å². The third-order valence-electron chi connectivity index (χ3n) is 1.33. The molecule has 0 amide bonds. The first-order valence-corrected chi connectivity index (χ1v) is 3.23. The minimum absolute atomic E-state index is 0. The molecule has 0 saturated carbocycles. The molecule has 0 saturated heterocycles. The van der Waals surface area contributed by atoms with Crippen LogP contribution in [-0.2, 0) is 32.7 Å². The van der Waals surface area contributed by atoms with Gasteiger partial charge in [-0.15, -0.1) is 5.57 Å². The van der Waals surface area contributed by atoms with Gasteiger partial charge in [0.2, 0.25) is 0 Å². The molecule has 0 heterocycles. The summed E-state index contributed by atoms with van der Waals surface area (Å²) in [5, 5.41) is 0. The minimum Gasteiger partial charge on any atom is -0.254 e. The third-order valence-corrected chi connectivity index (χ3v) is 1.33. The van der Waals surface area contributed by atoms with Gasteiger partial charge in [-0.05, 0) is 5.92 Å². The molecule has 0 aromatic carbocycles. The van der Waals surface area contributed by atoms with Crippen LogP contribution in [0.1, 0.15) is 13.8 Å². The number of hydrogen-bond acceptors (Lipinski definition) is 0. The molecule has 1 unspecified atom stereocenters. The summed E-state index contributed by atoms with van der Waals surface area (Å²) in [6.45, 7) is 4.26. The molecule has 0 aromatic rings. The van der Waals surface area contributed by atoms with Crippen LogP contribution in [0.4, 0.5) is 0 Å². The van der Waals surface area contributed by atoms with Gasteiger partial charge >= 0.3 is 0 Å². The molecule has 1 radical (unpaired) electrons. The van der Waals surface area contributed by atoms with E-state index in [-0.39, 0.29) is 32.7 Å². The molecule has 1 aliphatic carbocycles. The summed E-state index contributed by atoms with van der Waals surface area (Å²) in [7, 11) is 0. The van der Waals surface area contributed by atoms with Gasteiger partial charge in [0.1, 0.15) is 0 Å². The SMILES string of the molecule is CC1=CC(C)C=[C-]C=C1.[Y]. The van der Waals surface area contributed by atoms with Crippen molar-refractivity contribution in [3.8, 4) is 0 Å². The molecular weight excluding hydrogens is 197 g/mol. The quantitative estimate of drug-likeness (QED) is 0.536. The van der Waals surface area contributed by atoms with E-state index in [0.29, 0.717) is 5.92 Å². The topological polar surface area (TPSA) is 0 Å². The van der Waals surface area contributed by atoms with Crippen molar-refractivity contribution in [3.05, 3.63) is 36.0 Å². The van der Waals surface area contributed by atoms with Gasteiger partial charge in [0, 0.05) is 32.7 Å². The van der Waals surface area contributed by atoms with Gasteiger partial charge in [-0.25, -0.2) is 12.2 Å². The molecule has 0 N–H and O–H groups in total. The zero-order valence-electron chi connectivity index (χ0n) is 6.46. The molecule has 0 fully saturated rings. The molecule has 1 aliphatic rings. The first-order chi connectivity index (χ1) is 4.29.